The molecule has 168 valence electrons. The monoisotopic (exact) mass is 431 g/mol. The topological polar surface area (TPSA) is 55.8 Å². The SMILES string of the molecule is CNCC(C)CN(C)C(=O)N1CCC(C2C=C(F)C=CC2F)=CC1c1cccc(O)c1. The van der Waals surface area contributed by atoms with Crippen LogP contribution in [0.2, 0.25) is 0 Å². The summed E-state index contributed by atoms with van der Waals surface area (Å²) >= 11 is 0. The summed E-state index contributed by atoms with van der Waals surface area (Å²) in [6.07, 6.45) is 4.69. The van der Waals surface area contributed by atoms with Gasteiger partial charge in [-0.1, -0.05) is 30.7 Å². The van der Waals surface area contributed by atoms with Crippen molar-refractivity contribution in [2.45, 2.75) is 25.6 Å². The first-order valence-electron chi connectivity index (χ1n) is 10.7. The van der Waals surface area contributed by atoms with E-state index in [1.165, 1.54) is 12.2 Å². The van der Waals surface area contributed by atoms with Crippen molar-refractivity contribution in [1.82, 2.24) is 15.1 Å². The highest BCUT2D eigenvalue weighted by Crippen LogP contribution is 2.37. The van der Waals surface area contributed by atoms with Crippen molar-refractivity contribution < 1.29 is 18.7 Å². The molecular weight excluding hydrogens is 400 g/mol. The fraction of sp³-hybridized carbons (Fsp3) is 0.458. The van der Waals surface area contributed by atoms with Crippen LogP contribution in [0.25, 0.3) is 0 Å². The van der Waals surface area contributed by atoms with Crippen LogP contribution in [0.15, 0.2) is 60.0 Å². The largest absolute Gasteiger partial charge is 0.508 e. The van der Waals surface area contributed by atoms with E-state index in [-0.39, 0.29) is 17.7 Å². The second-order valence-electron chi connectivity index (χ2n) is 8.43. The van der Waals surface area contributed by atoms with Crippen molar-refractivity contribution >= 4 is 6.03 Å². The van der Waals surface area contributed by atoms with E-state index in [0.717, 1.165) is 23.8 Å². The van der Waals surface area contributed by atoms with Crippen LogP contribution in [0, 0.1) is 11.8 Å². The van der Waals surface area contributed by atoms with Crippen molar-refractivity contribution in [3.8, 4) is 5.75 Å². The molecule has 2 amide bonds. The quantitative estimate of drug-likeness (QED) is 0.659. The van der Waals surface area contributed by atoms with E-state index in [4.69, 9.17) is 0 Å². The van der Waals surface area contributed by atoms with Crippen molar-refractivity contribution in [2.24, 2.45) is 11.8 Å². The molecule has 2 aliphatic rings. The third kappa shape index (κ3) is 5.53. The molecule has 0 fully saturated rings. The highest BCUT2D eigenvalue weighted by Gasteiger charge is 2.34. The lowest BCUT2D eigenvalue weighted by molar-refractivity contribution is 0.142. The molecule has 0 spiro atoms. The van der Waals surface area contributed by atoms with E-state index in [9.17, 15) is 18.7 Å². The van der Waals surface area contributed by atoms with Crippen molar-refractivity contribution in [1.29, 1.82) is 0 Å². The van der Waals surface area contributed by atoms with E-state index in [1.807, 2.05) is 19.2 Å². The maximum absolute atomic E-state index is 14.5. The fourth-order valence-corrected chi connectivity index (χ4v) is 4.35. The Bertz CT molecular complexity index is 883. The number of rotatable bonds is 6. The summed E-state index contributed by atoms with van der Waals surface area (Å²) in [4.78, 5) is 16.7. The Kier molecular flexibility index (Phi) is 7.49. The molecule has 1 aromatic rings. The summed E-state index contributed by atoms with van der Waals surface area (Å²) in [5.41, 5.74) is 1.49. The lowest BCUT2D eigenvalue weighted by Gasteiger charge is -2.39. The van der Waals surface area contributed by atoms with Gasteiger partial charge in [0.25, 0.3) is 0 Å². The maximum atomic E-state index is 14.5. The Morgan fingerprint density at radius 2 is 2.16 bits per heavy atom. The third-order valence-corrected chi connectivity index (χ3v) is 5.82. The molecule has 0 radical (unpaired) electrons. The molecule has 3 rings (SSSR count). The molecule has 0 aromatic heterocycles. The van der Waals surface area contributed by atoms with Crippen LogP contribution >= 0.6 is 0 Å². The van der Waals surface area contributed by atoms with E-state index < -0.39 is 24.0 Å². The van der Waals surface area contributed by atoms with E-state index in [0.29, 0.717) is 19.5 Å². The highest BCUT2D eigenvalue weighted by molar-refractivity contribution is 5.75. The van der Waals surface area contributed by atoms with Gasteiger partial charge in [-0.25, -0.2) is 13.6 Å². The van der Waals surface area contributed by atoms with Crippen LogP contribution in [0.1, 0.15) is 24.9 Å². The van der Waals surface area contributed by atoms with Gasteiger partial charge in [-0.15, -0.1) is 0 Å². The molecule has 4 atom stereocenters. The smallest absolute Gasteiger partial charge is 0.320 e. The first kappa shape index (κ1) is 23.0. The van der Waals surface area contributed by atoms with Crippen LogP contribution in [0.3, 0.4) is 0 Å². The van der Waals surface area contributed by atoms with Gasteiger partial charge in [0.1, 0.15) is 17.7 Å². The van der Waals surface area contributed by atoms with Gasteiger partial charge in [0, 0.05) is 26.1 Å². The van der Waals surface area contributed by atoms with Crippen LogP contribution in [0.5, 0.6) is 5.75 Å². The number of amides is 2. The molecule has 0 bridgehead atoms. The minimum atomic E-state index is -1.30. The summed E-state index contributed by atoms with van der Waals surface area (Å²) in [6.45, 7) is 3.84. The molecule has 1 aromatic carbocycles. The van der Waals surface area contributed by atoms with E-state index >= 15 is 0 Å². The molecule has 1 aliphatic heterocycles. The molecule has 7 heteroatoms. The molecule has 1 heterocycles. The van der Waals surface area contributed by atoms with Gasteiger partial charge in [-0.05, 0) is 61.9 Å². The number of allylic oxidation sites excluding steroid dienone is 4. The van der Waals surface area contributed by atoms with E-state index in [2.05, 4.69) is 12.2 Å². The van der Waals surface area contributed by atoms with E-state index in [1.54, 1.807) is 35.0 Å². The number of urea groups is 1. The van der Waals surface area contributed by atoms with Crippen LogP contribution in [0.4, 0.5) is 13.6 Å². The number of nitrogens with zero attached hydrogens (tertiary/aromatic N) is 2. The molecule has 4 unspecified atom stereocenters. The van der Waals surface area contributed by atoms with Crippen molar-refractivity contribution in [2.75, 3.05) is 33.7 Å². The predicted molar refractivity (Wildman–Crippen MR) is 118 cm³/mol. The summed E-state index contributed by atoms with van der Waals surface area (Å²) in [5, 5.41) is 13.1. The van der Waals surface area contributed by atoms with Crippen molar-refractivity contribution in [3.05, 3.63) is 65.5 Å². The third-order valence-electron chi connectivity index (χ3n) is 5.82. The molecule has 2 N–H and O–H groups in total. The van der Waals surface area contributed by atoms with Crippen LogP contribution < -0.4 is 5.32 Å². The summed E-state index contributed by atoms with van der Waals surface area (Å²) < 4.78 is 28.3. The zero-order valence-corrected chi connectivity index (χ0v) is 18.3. The zero-order chi connectivity index (χ0) is 22.5. The number of halogens is 2. The number of hydrogen-bond donors (Lipinski definition) is 2. The number of benzene rings is 1. The summed E-state index contributed by atoms with van der Waals surface area (Å²) in [7, 11) is 3.65. The zero-order valence-electron chi connectivity index (χ0n) is 18.3. The molecule has 31 heavy (non-hydrogen) atoms. The van der Waals surface area contributed by atoms with Crippen LogP contribution in [-0.4, -0.2) is 60.8 Å². The van der Waals surface area contributed by atoms with Gasteiger partial charge in [0.2, 0.25) is 0 Å². The number of carbonyl (C=O) groups excluding carboxylic acids is 1. The predicted octanol–water partition coefficient (Wildman–Crippen LogP) is 4.35. The number of phenols is 1. The standard InChI is InChI=1S/C24H31F2N3O2/c1-16(14-27-2)15-28(3)24(31)29-10-9-17(21-13-19(25)7-8-22(21)26)12-23(29)18-5-4-6-20(30)11-18/h4-8,11-13,16,21-23,27,30H,9-10,14-15H2,1-3H3. The second kappa shape index (κ2) is 10.1. The molecule has 1 aliphatic carbocycles. The van der Waals surface area contributed by atoms with Crippen LogP contribution in [-0.2, 0) is 0 Å². The average molecular weight is 432 g/mol. The Balaban J connectivity index is 1.90. The molecule has 0 saturated carbocycles. The van der Waals surface area contributed by atoms with Gasteiger partial charge < -0.3 is 20.2 Å². The maximum Gasteiger partial charge on any atom is 0.320 e. The van der Waals surface area contributed by atoms with Crippen molar-refractivity contribution in [3.63, 3.8) is 0 Å². The average Bonchev–Trinajstić information content (AvgIpc) is 2.74. The number of hydrogen-bond acceptors (Lipinski definition) is 3. The first-order valence-corrected chi connectivity index (χ1v) is 10.7. The lowest BCUT2D eigenvalue weighted by atomic mass is 9.84. The second-order valence-corrected chi connectivity index (χ2v) is 8.43. The Morgan fingerprint density at radius 3 is 2.87 bits per heavy atom. The van der Waals surface area contributed by atoms with Gasteiger partial charge >= 0.3 is 6.03 Å². The molecule has 5 nitrogen and oxygen atoms in total. The van der Waals surface area contributed by atoms with Gasteiger partial charge in [-0.2, -0.15) is 0 Å². The Morgan fingerprint density at radius 1 is 1.39 bits per heavy atom. The summed E-state index contributed by atoms with van der Waals surface area (Å²) in [5.74, 6) is -0.763. The minimum Gasteiger partial charge on any atom is -0.508 e. The highest BCUT2D eigenvalue weighted by atomic mass is 19.1. The van der Waals surface area contributed by atoms with Gasteiger partial charge in [0.15, 0.2) is 0 Å². The minimum absolute atomic E-state index is 0.0938. The van der Waals surface area contributed by atoms with Gasteiger partial charge in [0.05, 0.1) is 6.04 Å². The summed E-state index contributed by atoms with van der Waals surface area (Å²) in [6, 6.07) is 6.12. The number of carbonyl (C=O) groups is 1. The first-order chi connectivity index (χ1) is 14.8. The number of nitrogens with one attached hydrogen (secondary N) is 1. The normalized spacial score (nSPS) is 24.4. The molecular formula is C24H31F2N3O2. The number of aromatic hydroxyl groups is 1. The molecule has 0 saturated heterocycles. The Labute approximate surface area is 182 Å². The fourth-order valence-electron chi connectivity index (χ4n) is 4.35. The number of phenolic OH excluding ortho intramolecular Hbond substituents is 1. The Hall–Kier alpha value is -2.67. The number of alkyl halides is 1. The van der Waals surface area contributed by atoms with Gasteiger partial charge in [-0.3, -0.25) is 0 Å². The lowest BCUT2D eigenvalue weighted by Crippen LogP contribution is -2.47.